The standard InChI is InChI=1S/C15H26O2/c16-13-10-14(15(13)8-4-1-5-9-15)17-11-12-6-2-3-7-12/h12-14,16H,1-11H2. The van der Waals surface area contributed by atoms with Gasteiger partial charge >= 0.3 is 0 Å². The second kappa shape index (κ2) is 4.89. The van der Waals surface area contributed by atoms with Gasteiger partial charge in [-0.2, -0.15) is 0 Å². The van der Waals surface area contributed by atoms with Gasteiger partial charge in [-0.15, -0.1) is 0 Å². The molecule has 3 saturated carbocycles. The number of aliphatic hydroxyl groups excluding tert-OH is 1. The summed E-state index contributed by atoms with van der Waals surface area (Å²) in [5, 5.41) is 10.1. The zero-order valence-electron chi connectivity index (χ0n) is 10.9. The van der Waals surface area contributed by atoms with Crippen molar-refractivity contribution in [3.05, 3.63) is 0 Å². The molecule has 0 radical (unpaired) electrons. The van der Waals surface area contributed by atoms with Gasteiger partial charge in [0.2, 0.25) is 0 Å². The fraction of sp³-hybridized carbons (Fsp3) is 1.00. The fourth-order valence-electron chi connectivity index (χ4n) is 4.25. The summed E-state index contributed by atoms with van der Waals surface area (Å²) in [6.07, 6.45) is 13.0. The molecular formula is C15H26O2. The summed E-state index contributed by atoms with van der Waals surface area (Å²) >= 11 is 0. The number of ether oxygens (including phenoxy) is 1. The van der Waals surface area contributed by atoms with Crippen LogP contribution in [0.1, 0.15) is 64.2 Å². The van der Waals surface area contributed by atoms with E-state index in [0.29, 0.717) is 6.10 Å². The predicted molar refractivity (Wildman–Crippen MR) is 67.8 cm³/mol. The molecule has 0 heterocycles. The third-order valence-electron chi connectivity index (χ3n) is 5.53. The lowest BCUT2D eigenvalue weighted by atomic mass is 9.56. The Labute approximate surface area is 105 Å². The highest BCUT2D eigenvalue weighted by Crippen LogP contribution is 2.53. The Morgan fingerprint density at radius 3 is 2.35 bits per heavy atom. The SMILES string of the molecule is OC1CC(OCC2CCCC2)C12CCCCC2. The van der Waals surface area contributed by atoms with Gasteiger partial charge in [0.05, 0.1) is 12.2 Å². The number of hydrogen-bond donors (Lipinski definition) is 1. The van der Waals surface area contributed by atoms with Crippen molar-refractivity contribution in [1.29, 1.82) is 0 Å². The van der Waals surface area contributed by atoms with E-state index in [9.17, 15) is 5.11 Å². The predicted octanol–water partition coefficient (Wildman–Crippen LogP) is 3.28. The Bertz CT molecular complexity index is 252. The summed E-state index contributed by atoms with van der Waals surface area (Å²) in [6.45, 7) is 0.957. The van der Waals surface area contributed by atoms with Crippen LogP contribution in [0.2, 0.25) is 0 Å². The molecule has 17 heavy (non-hydrogen) atoms. The van der Waals surface area contributed by atoms with Crippen LogP contribution in [0.15, 0.2) is 0 Å². The molecule has 0 aromatic rings. The first kappa shape index (κ1) is 12.0. The maximum atomic E-state index is 10.1. The second-order valence-corrected chi connectivity index (χ2v) is 6.52. The van der Waals surface area contributed by atoms with E-state index in [2.05, 4.69) is 0 Å². The zero-order valence-corrected chi connectivity index (χ0v) is 10.9. The Morgan fingerprint density at radius 1 is 1.00 bits per heavy atom. The lowest BCUT2D eigenvalue weighted by Crippen LogP contribution is -2.59. The molecule has 0 aromatic heterocycles. The molecule has 2 atom stereocenters. The molecule has 2 unspecified atom stereocenters. The molecule has 0 aromatic carbocycles. The molecule has 0 amide bonds. The molecule has 0 bridgehead atoms. The largest absolute Gasteiger partial charge is 0.392 e. The Balaban J connectivity index is 1.52. The molecule has 3 fully saturated rings. The highest BCUT2D eigenvalue weighted by atomic mass is 16.5. The summed E-state index contributed by atoms with van der Waals surface area (Å²) < 4.78 is 6.17. The summed E-state index contributed by atoms with van der Waals surface area (Å²) in [6, 6.07) is 0. The Morgan fingerprint density at radius 2 is 1.71 bits per heavy atom. The molecule has 98 valence electrons. The van der Waals surface area contributed by atoms with Crippen LogP contribution >= 0.6 is 0 Å². The van der Waals surface area contributed by atoms with Crippen molar-refractivity contribution in [1.82, 2.24) is 0 Å². The molecule has 1 spiro atoms. The average molecular weight is 238 g/mol. The molecule has 3 rings (SSSR count). The summed E-state index contributed by atoms with van der Waals surface area (Å²) in [4.78, 5) is 0. The van der Waals surface area contributed by atoms with Crippen LogP contribution < -0.4 is 0 Å². The second-order valence-electron chi connectivity index (χ2n) is 6.52. The zero-order chi connectivity index (χ0) is 11.7. The van der Waals surface area contributed by atoms with E-state index in [0.717, 1.165) is 18.9 Å². The molecule has 3 aliphatic carbocycles. The smallest absolute Gasteiger partial charge is 0.0681 e. The molecular weight excluding hydrogens is 212 g/mol. The van der Waals surface area contributed by atoms with E-state index in [4.69, 9.17) is 4.74 Å². The first-order chi connectivity index (χ1) is 8.31. The van der Waals surface area contributed by atoms with Crippen LogP contribution in [0.4, 0.5) is 0 Å². The van der Waals surface area contributed by atoms with Crippen molar-refractivity contribution in [3.63, 3.8) is 0 Å². The van der Waals surface area contributed by atoms with Crippen LogP contribution in [0.25, 0.3) is 0 Å². The molecule has 1 N–H and O–H groups in total. The van der Waals surface area contributed by atoms with Crippen molar-refractivity contribution in [2.75, 3.05) is 6.61 Å². The van der Waals surface area contributed by atoms with Crippen molar-refractivity contribution >= 4 is 0 Å². The molecule has 2 heteroatoms. The van der Waals surface area contributed by atoms with Crippen molar-refractivity contribution in [3.8, 4) is 0 Å². The van der Waals surface area contributed by atoms with Gasteiger partial charge in [0.25, 0.3) is 0 Å². The van der Waals surface area contributed by atoms with Crippen molar-refractivity contribution in [2.45, 2.75) is 76.4 Å². The van der Waals surface area contributed by atoms with Crippen LogP contribution in [0, 0.1) is 11.3 Å². The molecule has 2 nitrogen and oxygen atoms in total. The molecule has 0 saturated heterocycles. The number of rotatable bonds is 3. The van der Waals surface area contributed by atoms with Gasteiger partial charge in [-0.1, -0.05) is 32.1 Å². The third kappa shape index (κ3) is 2.15. The lowest BCUT2D eigenvalue weighted by Gasteiger charge is -2.55. The van der Waals surface area contributed by atoms with E-state index in [-0.39, 0.29) is 11.5 Å². The van der Waals surface area contributed by atoms with Gasteiger partial charge in [0.15, 0.2) is 0 Å². The normalized spacial score (nSPS) is 37.2. The van der Waals surface area contributed by atoms with E-state index in [1.54, 1.807) is 0 Å². The third-order valence-corrected chi connectivity index (χ3v) is 5.53. The minimum Gasteiger partial charge on any atom is -0.392 e. The summed E-state index contributed by atoms with van der Waals surface area (Å²) in [5.41, 5.74) is 0.164. The van der Waals surface area contributed by atoms with Crippen LogP contribution in [-0.2, 0) is 4.74 Å². The lowest BCUT2D eigenvalue weighted by molar-refractivity contribution is -0.209. The van der Waals surface area contributed by atoms with Crippen molar-refractivity contribution < 1.29 is 9.84 Å². The highest BCUT2D eigenvalue weighted by molar-refractivity contribution is 5.05. The first-order valence-corrected chi connectivity index (χ1v) is 7.61. The van der Waals surface area contributed by atoms with Gasteiger partial charge in [0.1, 0.15) is 0 Å². The average Bonchev–Trinajstić information content (AvgIpc) is 2.88. The number of hydrogen-bond acceptors (Lipinski definition) is 2. The Hall–Kier alpha value is -0.0800. The first-order valence-electron chi connectivity index (χ1n) is 7.61. The van der Waals surface area contributed by atoms with E-state index in [1.807, 2.05) is 0 Å². The monoisotopic (exact) mass is 238 g/mol. The van der Waals surface area contributed by atoms with Crippen LogP contribution in [0.3, 0.4) is 0 Å². The highest BCUT2D eigenvalue weighted by Gasteiger charge is 2.55. The summed E-state index contributed by atoms with van der Waals surface area (Å²) in [7, 11) is 0. The van der Waals surface area contributed by atoms with Crippen molar-refractivity contribution in [2.24, 2.45) is 11.3 Å². The molecule has 3 aliphatic rings. The van der Waals surface area contributed by atoms with E-state index >= 15 is 0 Å². The van der Waals surface area contributed by atoms with Gasteiger partial charge in [-0.05, 0) is 31.6 Å². The molecule has 0 aliphatic heterocycles. The van der Waals surface area contributed by atoms with E-state index in [1.165, 1.54) is 57.8 Å². The van der Waals surface area contributed by atoms with E-state index < -0.39 is 0 Å². The maximum absolute atomic E-state index is 10.1. The van der Waals surface area contributed by atoms with Crippen LogP contribution in [-0.4, -0.2) is 23.9 Å². The summed E-state index contributed by atoms with van der Waals surface area (Å²) in [5.74, 6) is 0.813. The maximum Gasteiger partial charge on any atom is 0.0681 e. The quantitative estimate of drug-likeness (QED) is 0.817. The fourth-order valence-corrected chi connectivity index (χ4v) is 4.25. The van der Waals surface area contributed by atoms with Gasteiger partial charge in [-0.3, -0.25) is 0 Å². The van der Waals surface area contributed by atoms with Gasteiger partial charge < -0.3 is 9.84 Å². The Kier molecular flexibility index (Phi) is 3.45. The minimum absolute atomic E-state index is 0.0728. The minimum atomic E-state index is -0.0728. The van der Waals surface area contributed by atoms with Gasteiger partial charge in [0, 0.05) is 18.4 Å². The number of aliphatic hydroxyl groups is 1. The topological polar surface area (TPSA) is 29.5 Å². The van der Waals surface area contributed by atoms with Gasteiger partial charge in [-0.25, -0.2) is 0 Å². The van der Waals surface area contributed by atoms with Crippen LogP contribution in [0.5, 0.6) is 0 Å².